The Labute approximate surface area is 127 Å². The largest absolute Gasteiger partial charge is 0.367 e. The molecule has 1 unspecified atom stereocenters. The number of nitrogens with one attached hydrogen (secondary N) is 1. The molecule has 3 heteroatoms. The highest BCUT2D eigenvalue weighted by molar-refractivity contribution is 5.57. The number of benzene rings is 1. The second-order valence-electron chi connectivity index (χ2n) is 5.64. The maximum absolute atomic E-state index is 4.22. The maximum Gasteiger partial charge on any atom is 0.0444 e. The Morgan fingerprint density at radius 2 is 2.14 bits per heavy atom. The molecular formula is C18H23N3. The van der Waals surface area contributed by atoms with Gasteiger partial charge < -0.3 is 10.2 Å². The Morgan fingerprint density at radius 1 is 1.24 bits per heavy atom. The first kappa shape index (κ1) is 14.1. The summed E-state index contributed by atoms with van der Waals surface area (Å²) in [6.07, 6.45) is 6.14. The van der Waals surface area contributed by atoms with Crippen molar-refractivity contribution in [2.45, 2.75) is 32.4 Å². The van der Waals surface area contributed by atoms with Crippen LogP contribution in [0.15, 0.2) is 48.8 Å². The molecule has 3 rings (SSSR count). The average Bonchev–Trinajstić information content (AvgIpc) is 2.55. The molecular weight excluding hydrogens is 258 g/mol. The van der Waals surface area contributed by atoms with Gasteiger partial charge in [-0.15, -0.1) is 0 Å². The summed E-state index contributed by atoms with van der Waals surface area (Å²) in [7, 11) is 0. The summed E-state index contributed by atoms with van der Waals surface area (Å²) < 4.78 is 0. The zero-order chi connectivity index (χ0) is 14.5. The summed E-state index contributed by atoms with van der Waals surface area (Å²) in [6.45, 7) is 5.33. The summed E-state index contributed by atoms with van der Waals surface area (Å²) in [5.41, 5.74) is 4.06. The molecule has 0 amide bonds. The lowest BCUT2D eigenvalue weighted by molar-refractivity contribution is 0.477. The number of fused-ring (bicyclic) bond motifs is 1. The summed E-state index contributed by atoms with van der Waals surface area (Å²) >= 11 is 0. The van der Waals surface area contributed by atoms with Crippen molar-refractivity contribution < 1.29 is 0 Å². The minimum absolute atomic E-state index is 0.492. The normalized spacial score (nSPS) is 17.6. The molecule has 0 aliphatic carbocycles. The van der Waals surface area contributed by atoms with Crippen LogP contribution in [0, 0.1) is 0 Å². The van der Waals surface area contributed by atoms with E-state index in [4.69, 9.17) is 0 Å². The molecule has 3 nitrogen and oxygen atoms in total. The number of hydrogen-bond donors (Lipinski definition) is 1. The van der Waals surface area contributed by atoms with Crippen molar-refractivity contribution in [3.05, 3.63) is 59.9 Å². The maximum atomic E-state index is 4.22. The van der Waals surface area contributed by atoms with Gasteiger partial charge in [-0.2, -0.15) is 0 Å². The monoisotopic (exact) mass is 281 g/mol. The molecule has 0 saturated carbocycles. The van der Waals surface area contributed by atoms with Crippen LogP contribution in [0.25, 0.3) is 0 Å². The number of pyridine rings is 1. The molecule has 2 aromatic rings. The average molecular weight is 281 g/mol. The zero-order valence-corrected chi connectivity index (χ0v) is 12.6. The Balaban J connectivity index is 1.81. The van der Waals surface area contributed by atoms with Gasteiger partial charge >= 0.3 is 0 Å². The molecule has 1 aliphatic heterocycles. The van der Waals surface area contributed by atoms with Gasteiger partial charge in [-0.3, -0.25) is 4.98 Å². The summed E-state index contributed by atoms with van der Waals surface area (Å²) in [5.74, 6) is 0. The van der Waals surface area contributed by atoms with E-state index in [2.05, 4.69) is 52.5 Å². The third-order valence-electron chi connectivity index (χ3n) is 4.08. The van der Waals surface area contributed by atoms with Crippen molar-refractivity contribution in [3.63, 3.8) is 0 Å². The zero-order valence-electron chi connectivity index (χ0n) is 12.6. The number of rotatable bonds is 5. The van der Waals surface area contributed by atoms with E-state index in [1.807, 2.05) is 18.5 Å². The molecule has 1 aliphatic rings. The minimum atomic E-state index is 0.492. The van der Waals surface area contributed by atoms with Gasteiger partial charge in [0.2, 0.25) is 0 Å². The number of nitrogens with zero attached hydrogens (tertiary/aromatic N) is 2. The molecule has 0 bridgehead atoms. The van der Waals surface area contributed by atoms with Crippen LogP contribution in [-0.2, 0) is 6.54 Å². The Kier molecular flexibility index (Phi) is 4.51. The number of aromatic nitrogens is 1. The summed E-state index contributed by atoms with van der Waals surface area (Å²) in [4.78, 5) is 6.69. The number of anilines is 1. The molecule has 1 atom stereocenters. The van der Waals surface area contributed by atoms with Gasteiger partial charge in [0.1, 0.15) is 0 Å². The SMILES string of the molecule is CCCNC1CCN(Cc2cccnc2)c2ccccc21. The van der Waals surface area contributed by atoms with E-state index >= 15 is 0 Å². The third kappa shape index (κ3) is 3.24. The Morgan fingerprint density at radius 3 is 2.95 bits per heavy atom. The molecule has 1 N–H and O–H groups in total. The van der Waals surface area contributed by atoms with Crippen LogP contribution in [0.4, 0.5) is 5.69 Å². The molecule has 0 radical (unpaired) electrons. The number of para-hydroxylation sites is 1. The van der Waals surface area contributed by atoms with E-state index in [9.17, 15) is 0 Å². The van der Waals surface area contributed by atoms with Gasteiger partial charge in [0, 0.05) is 37.2 Å². The van der Waals surface area contributed by atoms with Crippen molar-refractivity contribution in [1.82, 2.24) is 10.3 Å². The molecule has 1 aromatic heterocycles. The highest BCUT2D eigenvalue weighted by Crippen LogP contribution is 2.34. The van der Waals surface area contributed by atoms with E-state index < -0.39 is 0 Å². The summed E-state index contributed by atoms with van der Waals surface area (Å²) in [6, 6.07) is 13.4. The van der Waals surface area contributed by atoms with Gasteiger partial charge in [0.15, 0.2) is 0 Å². The lowest BCUT2D eigenvalue weighted by atomic mass is 9.96. The molecule has 2 heterocycles. The lowest BCUT2D eigenvalue weighted by Crippen LogP contribution is -2.35. The fraction of sp³-hybridized carbons (Fsp3) is 0.389. The fourth-order valence-corrected chi connectivity index (χ4v) is 3.04. The molecule has 0 saturated heterocycles. The van der Waals surface area contributed by atoms with Crippen molar-refractivity contribution in [2.24, 2.45) is 0 Å². The molecule has 0 fully saturated rings. The van der Waals surface area contributed by atoms with Crippen molar-refractivity contribution in [3.8, 4) is 0 Å². The Bertz CT molecular complexity index is 568. The first-order valence-electron chi connectivity index (χ1n) is 7.84. The third-order valence-corrected chi connectivity index (χ3v) is 4.08. The van der Waals surface area contributed by atoms with Gasteiger partial charge in [-0.1, -0.05) is 31.2 Å². The second-order valence-corrected chi connectivity index (χ2v) is 5.64. The standard InChI is InChI=1S/C18H23N3/c1-2-10-20-17-9-12-21(14-15-6-5-11-19-13-15)18-8-4-3-7-16(17)18/h3-8,11,13,17,20H,2,9-10,12,14H2,1H3. The van der Waals surface area contributed by atoms with Crippen LogP contribution in [0.5, 0.6) is 0 Å². The van der Waals surface area contributed by atoms with E-state index in [1.165, 1.54) is 23.2 Å². The fourth-order valence-electron chi connectivity index (χ4n) is 3.04. The summed E-state index contributed by atoms with van der Waals surface area (Å²) in [5, 5.41) is 3.67. The highest BCUT2D eigenvalue weighted by atomic mass is 15.1. The van der Waals surface area contributed by atoms with E-state index in [1.54, 1.807) is 0 Å². The van der Waals surface area contributed by atoms with Crippen LogP contribution in [0.3, 0.4) is 0 Å². The molecule has 1 aromatic carbocycles. The van der Waals surface area contributed by atoms with Gasteiger partial charge in [0.05, 0.1) is 0 Å². The van der Waals surface area contributed by atoms with Crippen molar-refractivity contribution in [2.75, 3.05) is 18.0 Å². The predicted octanol–water partition coefficient (Wildman–Crippen LogP) is 3.53. The lowest BCUT2D eigenvalue weighted by Gasteiger charge is -2.36. The smallest absolute Gasteiger partial charge is 0.0444 e. The highest BCUT2D eigenvalue weighted by Gasteiger charge is 2.24. The molecule has 21 heavy (non-hydrogen) atoms. The second kappa shape index (κ2) is 6.72. The van der Waals surface area contributed by atoms with Crippen molar-refractivity contribution in [1.29, 1.82) is 0 Å². The first-order valence-corrected chi connectivity index (χ1v) is 7.84. The Hall–Kier alpha value is -1.87. The van der Waals surface area contributed by atoms with E-state index in [0.717, 1.165) is 26.1 Å². The molecule has 110 valence electrons. The topological polar surface area (TPSA) is 28.2 Å². The van der Waals surface area contributed by atoms with E-state index in [-0.39, 0.29) is 0 Å². The van der Waals surface area contributed by atoms with Crippen LogP contribution >= 0.6 is 0 Å². The van der Waals surface area contributed by atoms with Crippen LogP contribution in [-0.4, -0.2) is 18.1 Å². The quantitative estimate of drug-likeness (QED) is 0.908. The van der Waals surface area contributed by atoms with Crippen LogP contribution in [0.2, 0.25) is 0 Å². The first-order chi connectivity index (χ1) is 10.4. The predicted molar refractivity (Wildman–Crippen MR) is 87.4 cm³/mol. The molecule has 0 spiro atoms. The van der Waals surface area contributed by atoms with Crippen molar-refractivity contribution >= 4 is 5.69 Å². The minimum Gasteiger partial charge on any atom is -0.367 e. The number of hydrogen-bond acceptors (Lipinski definition) is 3. The van der Waals surface area contributed by atoms with Gasteiger partial charge in [-0.05, 0) is 42.6 Å². The van der Waals surface area contributed by atoms with Gasteiger partial charge in [-0.25, -0.2) is 0 Å². The van der Waals surface area contributed by atoms with Crippen LogP contribution in [0.1, 0.15) is 36.9 Å². The van der Waals surface area contributed by atoms with E-state index in [0.29, 0.717) is 6.04 Å². The van der Waals surface area contributed by atoms with Crippen LogP contribution < -0.4 is 10.2 Å². The van der Waals surface area contributed by atoms with Gasteiger partial charge in [0.25, 0.3) is 0 Å².